The molecule has 4 rings (SSSR count). The Labute approximate surface area is 204 Å². The summed E-state index contributed by atoms with van der Waals surface area (Å²) in [6, 6.07) is 12.1. The summed E-state index contributed by atoms with van der Waals surface area (Å²) < 4.78 is 7.60. The van der Waals surface area contributed by atoms with E-state index in [4.69, 9.17) is 16.3 Å². The van der Waals surface area contributed by atoms with E-state index in [1.165, 1.54) is 0 Å². The molecule has 2 N–H and O–H groups in total. The fraction of sp³-hybridized carbons (Fsp3) is 0.364. The van der Waals surface area contributed by atoms with Gasteiger partial charge in [0.05, 0.1) is 25.0 Å². The average Bonchev–Trinajstić information content (AvgIpc) is 3.38. The molecule has 31 heavy (non-hydrogen) atoms. The summed E-state index contributed by atoms with van der Waals surface area (Å²) in [5, 5.41) is 7.61. The third kappa shape index (κ3) is 5.35. The summed E-state index contributed by atoms with van der Waals surface area (Å²) in [5.41, 5.74) is 4.12. The molecule has 0 amide bonds. The van der Waals surface area contributed by atoms with E-state index in [0.717, 1.165) is 53.9 Å². The van der Waals surface area contributed by atoms with Crippen LogP contribution in [-0.4, -0.2) is 48.6 Å². The van der Waals surface area contributed by atoms with Gasteiger partial charge in [0.2, 0.25) is 0 Å². The van der Waals surface area contributed by atoms with Crippen LogP contribution in [0.5, 0.6) is 5.75 Å². The third-order valence-electron chi connectivity index (χ3n) is 5.42. The van der Waals surface area contributed by atoms with E-state index in [-0.39, 0.29) is 30.0 Å². The van der Waals surface area contributed by atoms with Gasteiger partial charge in [-0.1, -0.05) is 17.7 Å². The van der Waals surface area contributed by atoms with Gasteiger partial charge in [0, 0.05) is 43.1 Å². The van der Waals surface area contributed by atoms with Crippen molar-refractivity contribution in [2.75, 3.05) is 32.1 Å². The number of fused-ring (bicyclic) bond motifs is 1. The van der Waals surface area contributed by atoms with E-state index >= 15 is 0 Å². The number of hydrogen-bond acceptors (Lipinski definition) is 4. The monoisotopic (exact) mass is 554 g/mol. The number of halogens is 2. The normalized spacial score (nSPS) is 16.3. The standard InChI is InChI=1S/C22H27ClN6O.HI/c1-15-5-4-6-21-26-18(14-29(15)21)12-25-22(24-2)27-17-9-10-28(13-17)19-11-16(23)7-8-20(19)30-3;/h4-8,11,14,17H,9-10,12-13H2,1-3H3,(H2,24,25,27);1H. The summed E-state index contributed by atoms with van der Waals surface area (Å²) >= 11 is 6.20. The number of hydrogen-bond donors (Lipinski definition) is 2. The molecule has 1 aliphatic rings. The molecule has 0 aliphatic carbocycles. The zero-order valence-corrected chi connectivity index (χ0v) is 21.0. The maximum Gasteiger partial charge on any atom is 0.191 e. The fourth-order valence-electron chi connectivity index (χ4n) is 3.85. The molecule has 0 spiro atoms. The van der Waals surface area contributed by atoms with Crippen LogP contribution in [-0.2, 0) is 6.54 Å². The lowest BCUT2D eigenvalue weighted by atomic mass is 10.2. The first-order valence-corrected chi connectivity index (χ1v) is 10.4. The zero-order chi connectivity index (χ0) is 21.1. The number of aromatic nitrogens is 2. The molecule has 1 atom stereocenters. The molecule has 0 saturated carbocycles. The predicted octanol–water partition coefficient (Wildman–Crippen LogP) is 3.87. The van der Waals surface area contributed by atoms with Crippen molar-refractivity contribution in [2.45, 2.75) is 25.9 Å². The molecular formula is C22H28ClIN6O. The number of rotatable bonds is 5. The summed E-state index contributed by atoms with van der Waals surface area (Å²) in [6.07, 6.45) is 3.07. The second-order valence-corrected chi connectivity index (χ2v) is 7.88. The molecule has 0 bridgehead atoms. The number of benzene rings is 1. The van der Waals surface area contributed by atoms with E-state index in [1.807, 2.05) is 30.3 Å². The van der Waals surface area contributed by atoms with Crippen molar-refractivity contribution in [1.82, 2.24) is 20.0 Å². The Bertz CT molecular complexity index is 1070. The first kappa shape index (κ1) is 23.5. The Morgan fingerprint density at radius 2 is 2.16 bits per heavy atom. The second-order valence-electron chi connectivity index (χ2n) is 7.45. The average molecular weight is 555 g/mol. The molecule has 2 aromatic heterocycles. The molecule has 1 unspecified atom stereocenters. The largest absolute Gasteiger partial charge is 0.495 e. The quantitative estimate of drug-likeness (QED) is 0.285. The highest BCUT2D eigenvalue weighted by Crippen LogP contribution is 2.33. The predicted molar refractivity (Wildman–Crippen MR) is 137 cm³/mol. The highest BCUT2D eigenvalue weighted by atomic mass is 127. The van der Waals surface area contributed by atoms with Gasteiger partial charge in [0.1, 0.15) is 11.4 Å². The summed E-state index contributed by atoms with van der Waals surface area (Å²) in [7, 11) is 3.47. The molecule has 1 aromatic carbocycles. The number of nitrogens with zero attached hydrogens (tertiary/aromatic N) is 4. The van der Waals surface area contributed by atoms with Crippen LogP contribution < -0.4 is 20.3 Å². The molecule has 1 saturated heterocycles. The Morgan fingerprint density at radius 1 is 1.32 bits per heavy atom. The van der Waals surface area contributed by atoms with E-state index in [2.05, 4.69) is 49.1 Å². The van der Waals surface area contributed by atoms with Crippen molar-refractivity contribution >= 4 is 52.9 Å². The van der Waals surface area contributed by atoms with Crippen LogP contribution in [0, 0.1) is 6.92 Å². The number of guanidine groups is 1. The van der Waals surface area contributed by atoms with Crippen LogP contribution in [0.25, 0.3) is 5.65 Å². The molecule has 1 fully saturated rings. The molecular weight excluding hydrogens is 527 g/mol. The van der Waals surface area contributed by atoms with Gasteiger partial charge in [-0.05, 0) is 43.7 Å². The van der Waals surface area contributed by atoms with Crippen molar-refractivity contribution in [3.05, 3.63) is 59.0 Å². The van der Waals surface area contributed by atoms with Crippen LogP contribution in [0.4, 0.5) is 5.69 Å². The lowest BCUT2D eigenvalue weighted by Gasteiger charge is -2.22. The number of imidazole rings is 1. The number of aliphatic imine (C=N–C) groups is 1. The lowest BCUT2D eigenvalue weighted by Crippen LogP contribution is -2.44. The van der Waals surface area contributed by atoms with Crippen molar-refractivity contribution in [3.63, 3.8) is 0 Å². The summed E-state index contributed by atoms with van der Waals surface area (Å²) in [5.74, 6) is 1.61. The van der Waals surface area contributed by atoms with Crippen LogP contribution in [0.3, 0.4) is 0 Å². The van der Waals surface area contributed by atoms with Gasteiger partial charge in [-0.25, -0.2) is 4.98 Å². The van der Waals surface area contributed by atoms with Crippen LogP contribution in [0.1, 0.15) is 17.8 Å². The van der Waals surface area contributed by atoms with Gasteiger partial charge in [0.15, 0.2) is 5.96 Å². The smallest absolute Gasteiger partial charge is 0.191 e. The van der Waals surface area contributed by atoms with Crippen molar-refractivity contribution in [1.29, 1.82) is 0 Å². The topological polar surface area (TPSA) is 66.2 Å². The highest BCUT2D eigenvalue weighted by molar-refractivity contribution is 14.0. The van der Waals surface area contributed by atoms with Gasteiger partial charge in [-0.2, -0.15) is 0 Å². The van der Waals surface area contributed by atoms with Gasteiger partial charge in [0.25, 0.3) is 0 Å². The molecule has 166 valence electrons. The van der Waals surface area contributed by atoms with Crippen LogP contribution in [0.2, 0.25) is 5.02 Å². The molecule has 0 radical (unpaired) electrons. The molecule has 1 aliphatic heterocycles. The van der Waals surface area contributed by atoms with E-state index in [9.17, 15) is 0 Å². The molecule has 3 heterocycles. The van der Waals surface area contributed by atoms with Gasteiger partial charge in [-0.3, -0.25) is 4.99 Å². The second kappa shape index (κ2) is 10.4. The minimum atomic E-state index is 0. The number of pyridine rings is 1. The highest BCUT2D eigenvalue weighted by Gasteiger charge is 2.25. The Hall–Kier alpha value is -2.20. The fourth-order valence-corrected chi connectivity index (χ4v) is 4.02. The Balaban J connectivity index is 0.00000272. The molecule has 3 aromatic rings. The van der Waals surface area contributed by atoms with Crippen molar-refractivity contribution in [3.8, 4) is 5.75 Å². The summed E-state index contributed by atoms with van der Waals surface area (Å²) in [4.78, 5) is 11.3. The third-order valence-corrected chi connectivity index (χ3v) is 5.65. The SMILES string of the molecule is CN=C(NCc1cn2c(C)cccc2n1)NC1CCN(c2cc(Cl)ccc2OC)C1.I. The van der Waals surface area contributed by atoms with Crippen molar-refractivity contribution < 1.29 is 4.74 Å². The van der Waals surface area contributed by atoms with Crippen molar-refractivity contribution in [2.24, 2.45) is 4.99 Å². The maximum atomic E-state index is 6.20. The first-order valence-electron chi connectivity index (χ1n) is 10.1. The number of ether oxygens (including phenoxy) is 1. The van der Waals surface area contributed by atoms with Crippen LogP contribution >= 0.6 is 35.6 Å². The minimum Gasteiger partial charge on any atom is -0.495 e. The van der Waals surface area contributed by atoms with Crippen LogP contribution in [0.15, 0.2) is 47.6 Å². The van der Waals surface area contributed by atoms with E-state index in [1.54, 1.807) is 14.2 Å². The first-order chi connectivity index (χ1) is 14.6. The number of methoxy groups -OCH3 is 1. The molecule has 7 nitrogen and oxygen atoms in total. The van der Waals surface area contributed by atoms with E-state index in [0.29, 0.717) is 11.6 Å². The van der Waals surface area contributed by atoms with Gasteiger partial charge < -0.3 is 24.7 Å². The Kier molecular flexibility index (Phi) is 7.88. The van der Waals surface area contributed by atoms with E-state index < -0.39 is 0 Å². The number of anilines is 1. The lowest BCUT2D eigenvalue weighted by molar-refractivity contribution is 0.415. The maximum absolute atomic E-state index is 6.20. The number of nitrogens with one attached hydrogen (secondary N) is 2. The zero-order valence-electron chi connectivity index (χ0n) is 17.9. The van der Waals surface area contributed by atoms with Gasteiger partial charge >= 0.3 is 0 Å². The molecule has 9 heteroatoms. The number of aryl methyl sites for hydroxylation is 1. The Morgan fingerprint density at radius 3 is 2.90 bits per heavy atom. The van der Waals surface area contributed by atoms with Gasteiger partial charge in [-0.15, -0.1) is 24.0 Å². The minimum absolute atomic E-state index is 0. The summed E-state index contributed by atoms with van der Waals surface area (Å²) in [6.45, 7) is 4.47.